The Labute approximate surface area is 149 Å². The van der Waals surface area contributed by atoms with Gasteiger partial charge in [-0.15, -0.1) is 0 Å². The number of benzene rings is 2. The lowest BCUT2D eigenvalue weighted by molar-refractivity contribution is -0.121. The number of rotatable bonds is 8. The number of carbonyl (C=O) groups is 1. The Morgan fingerprint density at radius 2 is 1.88 bits per heavy atom. The molecule has 1 fully saturated rings. The van der Waals surface area contributed by atoms with Gasteiger partial charge in [0.15, 0.2) is 0 Å². The minimum Gasteiger partial charge on any atom is -0.489 e. The van der Waals surface area contributed by atoms with E-state index in [0.29, 0.717) is 25.5 Å². The van der Waals surface area contributed by atoms with Crippen molar-refractivity contribution in [3.8, 4) is 5.75 Å². The standard InChI is InChI=1S/C21H26N2O2/c24-21(11-8-18-12-13-22-14-18)23-15-17-6-9-20(10-7-17)25-16-19-4-2-1-3-5-19/h1-7,9-10,18,22H,8,11-16H2,(H,23,24). The molecule has 0 radical (unpaired) electrons. The van der Waals surface area contributed by atoms with Gasteiger partial charge in [0.2, 0.25) is 5.91 Å². The molecular weight excluding hydrogens is 312 g/mol. The molecule has 0 aromatic heterocycles. The second kappa shape index (κ2) is 9.23. The van der Waals surface area contributed by atoms with Crippen LogP contribution in [0.1, 0.15) is 30.4 Å². The van der Waals surface area contributed by atoms with Crippen LogP contribution in [0.5, 0.6) is 5.75 Å². The van der Waals surface area contributed by atoms with Crippen LogP contribution in [0, 0.1) is 5.92 Å². The Morgan fingerprint density at radius 3 is 2.60 bits per heavy atom. The van der Waals surface area contributed by atoms with Gasteiger partial charge in [-0.2, -0.15) is 0 Å². The lowest BCUT2D eigenvalue weighted by atomic mass is 10.0. The largest absolute Gasteiger partial charge is 0.489 e. The van der Waals surface area contributed by atoms with Crippen LogP contribution in [0.4, 0.5) is 0 Å². The van der Waals surface area contributed by atoms with Gasteiger partial charge in [-0.05, 0) is 55.1 Å². The summed E-state index contributed by atoms with van der Waals surface area (Å²) in [5, 5.41) is 6.34. The molecule has 1 saturated heterocycles. The highest BCUT2D eigenvalue weighted by Gasteiger charge is 2.15. The molecular formula is C21H26N2O2. The average Bonchev–Trinajstić information content (AvgIpc) is 3.18. The molecule has 3 rings (SSSR count). The molecule has 2 aromatic carbocycles. The topological polar surface area (TPSA) is 50.4 Å². The number of ether oxygens (including phenoxy) is 1. The normalized spacial score (nSPS) is 16.6. The van der Waals surface area contributed by atoms with Crippen LogP contribution in [0.25, 0.3) is 0 Å². The summed E-state index contributed by atoms with van der Waals surface area (Å²) < 4.78 is 5.77. The molecule has 1 aliphatic heterocycles. The molecule has 0 spiro atoms. The van der Waals surface area contributed by atoms with E-state index in [4.69, 9.17) is 4.74 Å². The maximum absolute atomic E-state index is 11.9. The summed E-state index contributed by atoms with van der Waals surface area (Å²) in [5.41, 5.74) is 2.24. The Hall–Kier alpha value is -2.33. The maximum atomic E-state index is 11.9. The van der Waals surface area contributed by atoms with Gasteiger partial charge in [0.05, 0.1) is 0 Å². The average molecular weight is 338 g/mol. The monoisotopic (exact) mass is 338 g/mol. The summed E-state index contributed by atoms with van der Waals surface area (Å²) in [6, 6.07) is 18.0. The third kappa shape index (κ3) is 5.91. The Kier molecular flexibility index (Phi) is 6.46. The fourth-order valence-corrected chi connectivity index (χ4v) is 3.03. The molecule has 1 aliphatic rings. The van der Waals surface area contributed by atoms with Crippen molar-refractivity contribution in [2.24, 2.45) is 5.92 Å². The third-order valence-corrected chi connectivity index (χ3v) is 4.60. The van der Waals surface area contributed by atoms with Gasteiger partial charge in [0.1, 0.15) is 12.4 Å². The third-order valence-electron chi connectivity index (χ3n) is 4.60. The molecule has 0 aliphatic carbocycles. The van der Waals surface area contributed by atoms with Gasteiger partial charge in [0.25, 0.3) is 0 Å². The van der Waals surface area contributed by atoms with E-state index in [9.17, 15) is 4.79 Å². The second-order valence-electron chi connectivity index (χ2n) is 6.59. The molecule has 4 heteroatoms. The van der Waals surface area contributed by atoms with Gasteiger partial charge in [-0.3, -0.25) is 4.79 Å². The van der Waals surface area contributed by atoms with Crippen LogP contribution in [-0.4, -0.2) is 19.0 Å². The van der Waals surface area contributed by atoms with Gasteiger partial charge >= 0.3 is 0 Å². The van der Waals surface area contributed by atoms with Crippen LogP contribution in [0.2, 0.25) is 0 Å². The molecule has 2 N–H and O–H groups in total. The van der Waals surface area contributed by atoms with Crippen LogP contribution in [0.15, 0.2) is 54.6 Å². The fourth-order valence-electron chi connectivity index (χ4n) is 3.03. The summed E-state index contributed by atoms with van der Waals surface area (Å²) in [6.07, 6.45) is 2.79. The number of carbonyl (C=O) groups excluding carboxylic acids is 1. The minimum absolute atomic E-state index is 0.135. The first-order valence-electron chi connectivity index (χ1n) is 9.03. The van der Waals surface area contributed by atoms with Crippen molar-refractivity contribution in [3.05, 3.63) is 65.7 Å². The van der Waals surface area contributed by atoms with Gasteiger partial charge < -0.3 is 15.4 Å². The lowest BCUT2D eigenvalue weighted by Crippen LogP contribution is -2.23. The number of hydrogen-bond donors (Lipinski definition) is 2. The van der Waals surface area contributed by atoms with Crippen molar-refractivity contribution >= 4 is 5.91 Å². The van der Waals surface area contributed by atoms with Crippen LogP contribution in [-0.2, 0) is 17.9 Å². The van der Waals surface area contributed by atoms with Gasteiger partial charge in [0, 0.05) is 13.0 Å². The zero-order valence-electron chi connectivity index (χ0n) is 14.5. The summed E-state index contributed by atoms with van der Waals surface area (Å²) in [6.45, 7) is 3.27. The summed E-state index contributed by atoms with van der Waals surface area (Å²) in [5.74, 6) is 1.63. The van der Waals surface area contributed by atoms with E-state index < -0.39 is 0 Å². The SMILES string of the molecule is O=C(CCC1CCNC1)NCc1ccc(OCc2ccccc2)cc1. The quantitative estimate of drug-likeness (QED) is 0.777. The highest BCUT2D eigenvalue weighted by molar-refractivity contribution is 5.75. The molecule has 1 heterocycles. The first-order valence-corrected chi connectivity index (χ1v) is 9.03. The van der Waals surface area contributed by atoms with E-state index in [0.717, 1.165) is 36.4 Å². The maximum Gasteiger partial charge on any atom is 0.220 e. The molecule has 1 atom stereocenters. The molecule has 1 amide bonds. The minimum atomic E-state index is 0.135. The van der Waals surface area contributed by atoms with E-state index in [1.165, 1.54) is 6.42 Å². The molecule has 1 unspecified atom stereocenters. The lowest BCUT2D eigenvalue weighted by Gasteiger charge is -2.10. The predicted molar refractivity (Wildman–Crippen MR) is 99.3 cm³/mol. The number of nitrogens with one attached hydrogen (secondary N) is 2. The smallest absolute Gasteiger partial charge is 0.220 e. The van der Waals surface area contributed by atoms with E-state index >= 15 is 0 Å². The number of amides is 1. The predicted octanol–water partition coefficient (Wildman–Crippen LogP) is 3.27. The first kappa shape index (κ1) is 17.5. The van der Waals surface area contributed by atoms with Crippen LogP contribution < -0.4 is 15.4 Å². The van der Waals surface area contributed by atoms with Crippen molar-refractivity contribution in [3.63, 3.8) is 0 Å². The molecule has 132 valence electrons. The number of hydrogen-bond acceptors (Lipinski definition) is 3. The molecule has 2 aromatic rings. The highest BCUT2D eigenvalue weighted by Crippen LogP contribution is 2.15. The van der Waals surface area contributed by atoms with Crippen molar-refractivity contribution in [1.82, 2.24) is 10.6 Å². The molecule has 0 bridgehead atoms. The zero-order valence-corrected chi connectivity index (χ0v) is 14.5. The van der Waals surface area contributed by atoms with Crippen molar-refractivity contribution in [2.45, 2.75) is 32.4 Å². The van der Waals surface area contributed by atoms with Gasteiger partial charge in [-0.25, -0.2) is 0 Å². The first-order chi connectivity index (χ1) is 12.3. The van der Waals surface area contributed by atoms with Gasteiger partial charge in [-0.1, -0.05) is 42.5 Å². The Morgan fingerprint density at radius 1 is 1.08 bits per heavy atom. The van der Waals surface area contributed by atoms with E-state index in [-0.39, 0.29) is 5.91 Å². The van der Waals surface area contributed by atoms with Crippen LogP contribution >= 0.6 is 0 Å². The molecule has 4 nitrogen and oxygen atoms in total. The van der Waals surface area contributed by atoms with E-state index in [1.54, 1.807) is 0 Å². The summed E-state index contributed by atoms with van der Waals surface area (Å²) in [7, 11) is 0. The van der Waals surface area contributed by atoms with E-state index in [1.807, 2.05) is 54.6 Å². The Bertz CT molecular complexity index is 649. The van der Waals surface area contributed by atoms with Crippen LogP contribution in [0.3, 0.4) is 0 Å². The molecule has 0 saturated carbocycles. The Balaban J connectivity index is 1.37. The van der Waals surface area contributed by atoms with Crippen molar-refractivity contribution < 1.29 is 9.53 Å². The van der Waals surface area contributed by atoms with Crippen molar-refractivity contribution in [2.75, 3.05) is 13.1 Å². The second-order valence-corrected chi connectivity index (χ2v) is 6.59. The van der Waals surface area contributed by atoms with E-state index in [2.05, 4.69) is 10.6 Å². The molecule has 25 heavy (non-hydrogen) atoms. The summed E-state index contributed by atoms with van der Waals surface area (Å²) in [4.78, 5) is 11.9. The fraction of sp³-hybridized carbons (Fsp3) is 0.381. The highest BCUT2D eigenvalue weighted by atomic mass is 16.5. The summed E-state index contributed by atoms with van der Waals surface area (Å²) >= 11 is 0. The van der Waals surface area contributed by atoms with Crippen molar-refractivity contribution in [1.29, 1.82) is 0 Å². The zero-order chi connectivity index (χ0) is 17.3.